The van der Waals surface area contributed by atoms with Gasteiger partial charge >= 0.3 is 5.97 Å². The SMILES string of the molecule is O=C(O)C1(c2ccc3c(c2)OCCO3)CC(O)C1. The van der Waals surface area contributed by atoms with Crippen molar-refractivity contribution < 1.29 is 24.5 Å². The van der Waals surface area contributed by atoms with Gasteiger partial charge in [-0.15, -0.1) is 0 Å². The van der Waals surface area contributed by atoms with Crippen LogP contribution in [0.1, 0.15) is 18.4 Å². The Hall–Kier alpha value is -1.75. The van der Waals surface area contributed by atoms with Crippen LogP contribution in [0.15, 0.2) is 18.2 Å². The molecule has 2 N–H and O–H groups in total. The molecule has 0 atom stereocenters. The minimum absolute atomic E-state index is 0.252. The molecule has 0 spiro atoms. The van der Waals surface area contributed by atoms with Gasteiger partial charge in [-0.05, 0) is 30.5 Å². The van der Waals surface area contributed by atoms with E-state index in [2.05, 4.69) is 0 Å². The third-order valence-corrected chi connectivity index (χ3v) is 3.67. The first-order valence-corrected chi connectivity index (χ1v) is 5.93. The number of rotatable bonds is 2. The zero-order chi connectivity index (χ0) is 12.8. The minimum atomic E-state index is -0.977. The van der Waals surface area contributed by atoms with Crippen LogP contribution in [0.25, 0.3) is 0 Å². The number of hydrogen-bond acceptors (Lipinski definition) is 4. The maximum Gasteiger partial charge on any atom is 0.314 e. The molecule has 2 aliphatic rings. The van der Waals surface area contributed by atoms with Crippen LogP contribution in [0.4, 0.5) is 0 Å². The van der Waals surface area contributed by atoms with Gasteiger partial charge in [-0.25, -0.2) is 0 Å². The molecule has 18 heavy (non-hydrogen) atoms. The molecule has 1 aromatic rings. The molecule has 0 aromatic heterocycles. The summed E-state index contributed by atoms with van der Waals surface area (Å²) < 4.78 is 10.9. The number of aliphatic hydroxyl groups is 1. The molecule has 5 heteroatoms. The van der Waals surface area contributed by atoms with Crippen LogP contribution in [0, 0.1) is 0 Å². The molecule has 1 fully saturated rings. The van der Waals surface area contributed by atoms with Crippen molar-refractivity contribution in [3.8, 4) is 11.5 Å². The highest BCUT2D eigenvalue weighted by Crippen LogP contribution is 2.46. The monoisotopic (exact) mass is 250 g/mol. The van der Waals surface area contributed by atoms with Gasteiger partial charge < -0.3 is 19.7 Å². The summed E-state index contributed by atoms with van der Waals surface area (Å²) in [6.07, 6.45) is -0.0291. The van der Waals surface area contributed by atoms with Gasteiger partial charge in [0.2, 0.25) is 0 Å². The van der Waals surface area contributed by atoms with E-state index in [1.807, 2.05) is 0 Å². The van der Waals surface area contributed by atoms with Crippen LogP contribution in [-0.4, -0.2) is 35.5 Å². The van der Waals surface area contributed by atoms with Crippen molar-refractivity contribution in [2.75, 3.05) is 13.2 Å². The van der Waals surface area contributed by atoms with Crippen LogP contribution in [0.3, 0.4) is 0 Å². The Morgan fingerprint density at radius 3 is 2.50 bits per heavy atom. The standard InChI is InChI=1S/C13H14O5/c14-9-6-13(7-9,12(15)16)8-1-2-10-11(5-8)18-4-3-17-10/h1-2,5,9,14H,3-4,6-7H2,(H,15,16). The molecular weight excluding hydrogens is 236 g/mol. The van der Waals surface area contributed by atoms with Gasteiger partial charge in [0, 0.05) is 0 Å². The number of ether oxygens (including phenoxy) is 2. The highest BCUT2D eigenvalue weighted by molar-refractivity contribution is 5.83. The average Bonchev–Trinajstić information content (AvgIpc) is 2.34. The second-order valence-corrected chi connectivity index (χ2v) is 4.81. The smallest absolute Gasteiger partial charge is 0.314 e. The van der Waals surface area contributed by atoms with Crippen LogP contribution in [0.5, 0.6) is 11.5 Å². The first-order valence-electron chi connectivity index (χ1n) is 5.93. The molecule has 0 unspecified atom stereocenters. The van der Waals surface area contributed by atoms with E-state index in [0.717, 1.165) is 0 Å². The summed E-state index contributed by atoms with van der Waals surface area (Å²) in [7, 11) is 0. The molecule has 3 rings (SSSR count). The van der Waals surface area contributed by atoms with Crippen LogP contribution < -0.4 is 9.47 Å². The number of fused-ring (bicyclic) bond motifs is 1. The fraction of sp³-hybridized carbons (Fsp3) is 0.462. The van der Waals surface area contributed by atoms with E-state index in [-0.39, 0.29) is 12.8 Å². The number of carboxylic acids is 1. The van der Waals surface area contributed by atoms with Crippen molar-refractivity contribution in [2.45, 2.75) is 24.4 Å². The van der Waals surface area contributed by atoms with Crippen LogP contribution in [0.2, 0.25) is 0 Å². The molecule has 1 aromatic carbocycles. The number of benzene rings is 1. The number of aliphatic hydroxyl groups excluding tert-OH is 1. The van der Waals surface area contributed by atoms with Crippen molar-refractivity contribution in [1.82, 2.24) is 0 Å². The van der Waals surface area contributed by atoms with Crippen molar-refractivity contribution in [3.05, 3.63) is 23.8 Å². The van der Waals surface area contributed by atoms with E-state index in [4.69, 9.17) is 9.47 Å². The van der Waals surface area contributed by atoms with Crippen molar-refractivity contribution in [1.29, 1.82) is 0 Å². The highest BCUT2D eigenvalue weighted by Gasteiger charge is 2.51. The second-order valence-electron chi connectivity index (χ2n) is 4.81. The third kappa shape index (κ3) is 1.54. The Morgan fingerprint density at radius 1 is 1.22 bits per heavy atom. The Bertz CT molecular complexity index is 490. The fourth-order valence-electron chi connectivity index (χ4n) is 2.62. The zero-order valence-corrected chi connectivity index (χ0v) is 9.76. The van der Waals surface area contributed by atoms with Gasteiger partial charge in [0.05, 0.1) is 11.5 Å². The lowest BCUT2D eigenvalue weighted by Crippen LogP contribution is -2.50. The lowest BCUT2D eigenvalue weighted by molar-refractivity contribution is -0.152. The largest absolute Gasteiger partial charge is 0.486 e. The van der Waals surface area contributed by atoms with Crippen LogP contribution in [-0.2, 0) is 10.2 Å². The molecule has 96 valence electrons. The normalized spacial score (nSPS) is 29.5. The van der Waals surface area contributed by atoms with Crippen LogP contribution >= 0.6 is 0 Å². The zero-order valence-electron chi connectivity index (χ0n) is 9.76. The van der Waals surface area contributed by atoms with Gasteiger partial charge in [0.25, 0.3) is 0 Å². The van der Waals surface area contributed by atoms with Crippen molar-refractivity contribution >= 4 is 5.97 Å². The summed E-state index contributed by atoms with van der Waals surface area (Å²) in [5, 5.41) is 18.8. The van der Waals surface area contributed by atoms with Gasteiger partial charge in [0.1, 0.15) is 13.2 Å². The number of aliphatic carboxylic acids is 1. The lowest BCUT2D eigenvalue weighted by Gasteiger charge is -2.42. The van der Waals surface area contributed by atoms with Crippen molar-refractivity contribution in [3.63, 3.8) is 0 Å². The number of carboxylic acid groups (broad SMARTS) is 1. The highest BCUT2D eigenvalue weighted by atomic mass is 16.6. The van der Waals surface area contributed by atoms with E-state index in [9.17, 15) is 15.0 Å². The molecule has 1 aliphatic heterocycles. The average molecular weight is 250 g/mol. The predicted molar refractivity (Wildman–Crippen MR) is 62.0 cm³/mol. The fourth-order valence-corrected chi connectivity index (χ4v) is 2.62. The van der Waals surface area contributed by atoms with Crippen molar-refractivity contribution in [2.24, 2.45) is 0 Å². The molecular formula is C13H14O5. The second kappa shape index (κ2) is 3.88. The minimum Gasteiger partial charge on any atom is -0.486 e. The van der Waals surface area contributed by atoms with Gasteiger partial charge in [-0.1, -0.05) is 6.07 Å². The maximum atomic E-state index is 11.4. The molecule has 1 heterocycles. The number of hydrogen-bond donors (Lipinski definition) is 2. The summed E-state index contributed by atoms with van der Waals surface area (Å²) >= 11 is 0. The maximum absolute atomic E-state index is 11.4. The topological polar surface area (TPSA) is 76.0 Å². The predicted octanol–water partition coefficient (Wildman–Crippen LogP) is 0.935. The Balaban J connectivity index is 1.98. The Morgan fingerprint density at radius 2 is 1.89 bits per heavy atom. The van der Waals surface area contributed by atoms with Gasteiger partial charge in [-0.2, -0.15) is 0 Å². The third-order valence-electron chi connectivity index (χ3n) is 3.67. The first-order chi connectivity index (χ1) is 8.62. The van der Waals surface area contributed by atoms with E-state index in [1.54, 1.807) is 18.2 Å². The molecule has 0 amide bonds. The van der Waals surface area contributed by atoms with Gasteiger partial charge in [-0.3, -0.25) is 4.79 Å². The molecule has 1 saturated carbocycles. The first kappa shape index (κ1) is 11.3. The number of carbonyl (C=O) groups is 1. The lowest BCUT2D eigenvalue weighted by atomic mass is 9.62. The molecule has 0 radical (unpaired) electrons. The molecule has 0 bridgehead atoms. The van der Waals surface area contributed by atoms with E-state index in [1.165, 1.54) is 0 Å². The molecule has 1 aliphatic carbocycles. The Labute approximate surface area is 104 Å². The quantitative estimate of drug-likeness (QED) is 0.816. The Kier molecular flexibility index (Phi) is 2.45. The van der Waals surface area contributed by atoms with Gasteiger partial charge in [0.15, 0.2) is 11.5 Å². The summed E-state index contributed by atoms with van der Waals surface area (Å²) in [4.78, 5) is 11.4. The molecule has 5 nitrogen and oxygen atoms in total. The summed E-state index contributed by atoms with van der Waals surface area (Å²) in [5.41, 5.74) is -0.306. The summed E-state index contributed by atoms with van der Waals surface area (Å²) in [5.74, 6) is 0.329. The van der Waals surface area contributed by atoms with E-state index < -0.39 is 17.5 Å². The van der Waals surface area contributed by atoms with E-state index in [0.29, 0.717) is 30.3 Å². The summed E-state index contributed by atoms with van der Waals surface area (Å²) in [6.45, 7) is 0.980. The molecule has 0 saturated heterocycles. The summed E-state index contributed by atoms with van der Waals surface area (Å²) in [6, 6.07) is 5.20. The van der Waals surface area contributed by atoms with E-state index >= 15 is 0 Å².